The molecule has 0 bridgehead atoms. The van der Waals surface area contributed by atoms with Crippen molar-refractivity contribution in [3.63, 3.8) is 0 Å². The molecule has 32 heavy (non-hydrogen) atoms. The largest absolute Gasteiger partial charge is 0.455 e. The van der Waals surface area contributed by atoms with Gasteiger partial charge in [-0.25, -0.2) is 22.3 Å². The highest BCUT2D eigenvalue weighted by atomic mass is 32.2. The van der Waals surface area contributed by atoms with Crippen molar-refractivity contribution in [3.05, 3.63) is 82.5 Å². The topological polar surface area (TPSA) is 104 Å². The van der Waals surface area contributed by atoms with Crippen molar-refractivity contribution in [1.82, 2.24) is 9.78 Å². The highest BCUT2D eigenvalue weighted by molar-refractivity contribution is 7.89. The fraction of sp³-hybridized carbons (Fsp3) is 0.182. The monoisotopic (exact) mass is 461 g/mol. The summed E-state index contributed by atoms with van der Waals surface area (Å²) in [6.07, 6.45) is 4.33. The van der Waals surface area contributed by atoms with Gasteiger partial charge in [0.1, 0.15) is 5.76 Å². The van der Waals surface area contributed by atoms with Crippen LogP contribution in [0.2, 0.25) is 0 Å². The van der Waals surface area contributed by atoms with Crippen molar-refractivity contribution < 1.29 is 21.9 Å². The Hall–Kier alpha value is -3.37. The summed E-state index contributed by atoms with van der Waals surface area (Å²) in [5.74, 6) is -1.73. The average molecular weight is 461 g/mol. The zero-order valence-corrected chi connectivity index (χ0v) is 18.2. The molecule has 0 radical (unpaired) electrons. The second-order valence-electron chi connectivity index (χ2n) is 6.81. The van der Waals surface area contributed by atoms with Crippen molar-refractivity contribution in [2.75, 3.05) is 0 Å². The van der Waals surface area contributed by atoms with Gasteiger partial charge in [-0.05, 0) is 42.3 Å². The maximum Gasteiger partial charge on any atom is 0.315 e. The van der Waals surface area contributed by atoms with Crippen molar-refractivity contribution in [2.24, 2.45) is 5.14 Å². The summed E-state index contributed by atoms with van der Waals surface area (Å²) < 4.78 is 56.9. The second kappa shape index (κ2) is 9.41. The fourth-order valence-corrected chi connectivity index (χ4v) is 3.50. The van der Waals surface area contributed by atoms with Gasteiger partial charge in [-0.15, -0.1) is 0 Å². The Labute approximate surface area is 183 Å². The van der Waals surface area contributed by atoms with Crippen LogP contribution in [0.1, 0.15) is 26.7 Å². The molecule has 0 atom stereocenters. The molecule has 2 N–H and O–H groups in total. The van der Waals surface area contributed by atoms with Crippen molar-refractivity contribution in [1.29, 1.82) is 0 Å². The van der Waals surface area contributed by atoms with E-state index in [1.165, 1.54) is 36.5 Å². The molecule has 0 saturated heterocycles. The Bertz CT molecular complexity index is 1330. The van der Waals surface area contributed by atoms with Crippen LogP contribution in [0, 0.1) is 11.6 Å². The SMILES string of the molecule is CCC=C(CC)Oc1c(-c2ccc(S(N)(=O)=O)cc2)cnn(-c2ccc(F)c(F)c2)c1=O. The van der Waals surface area contributed by atoms with Gasteiger partial charge in [-0.2, -0.15) is 9.78 Å². The Morgan fingerprint density at radius 2 is 1.81 bits per heavy atom. The predicted octanol–water partition coefficient (Wildman–Crippen LogP) is 3.91. The first-order valence-electron chi connectivity index (χ1n) is 9.73. The van der Waals surface area contributed by atoms with E-state index in [1.54, 1.807) is 0 Å². The van der Waals surface area contributed by atoms with Crippen LogP contribution in [-0.4, -0.2) is 18.2 Å². The van der Waals surface area contributed by atoms with Crippen molar-refractivity contribution in [3.8, 4) is 22.6 Å². The van der Waals surface area contributed by atoms with Crippen LogP contribution >= 0.6 is 0 Å². The molecule has 1 aromatic heterocycles. The third kappa shape index (κ3) is 4.92. The predicted molar refractivity (Wildman–Crippen MR) is 116 cm³/mol. The molecular formula is C22H21F2N3O4S. The summed E-state index contributed by atoms with van der Waals surface area (Å²) in [5.41, 5.74) is 0.0820. The minimum absolute atomic E-state index is 0.0207. The molecule has 0 aliphatic heterocycles. The van der Waals surface area contributed by atoms with Crippen LogP contribution < -0.4 is 15.4 Å². The zero-order chi connectivity index (χ0) is 23.5. The van der Waals surface area contributed by atoms with E-state index in [9.17, 15) is 22.0 Å². The quantitative estimate of drug-likeness (QED) is 0.537. The summed E-state index contributed by atoms with van der Waals surface area (Å²) in [4.78, 5) is 13.2. The van der Waals surface area contributed by atoms with Gasteiger partial charge >= 0.3 is 5.56 Å². The highest BCUT2D eigenvalue weighted by Gasteiger charge is 2.19. The standard InChI is InChI=1S/C22H21F2N3O4S/c1-3-5-16(4-2)31-21-18(14-6-9-17(10-7-14)32(25,29)30)13-26-27(22(21)28)15-8-11-19(23)20(24)12-15/h5-13H,3-4H2,1-2H3,(H2,25,29,30). The first-order valence-corrected chi connectivity index (χ1v) is 11.3. The zero-order valence-electron chi connectivity index (χ0n) is 17.4. The number of hydrogen-bond acceptors (Lipinski definition) is 5. The Morgan fingerprint density at radius 1 is 1.12 bits per heavy atom. The average Bonchev–Trinajstić information content (AvgIpc) is 2.76. The lowest BCUT2D eigenvalue weighted by molar-refractivity contribution is 0.398. The Kier molecular flexibility index (Phi) is 6.85. The number of halogens is 2. The van der Waals surface area contributed by atoms with E-state index in [2.05, 4.69) is 5.10 Å². The number of nitrogens with zero attached hydrogens (tertiary/aromatic N) is 2. The van der Waals surface area contributed by atoms with Gasteiger partial charge in [0.05, 0.1) is 22.3 Å². The third-order valence-corrected chi connectivity index (χ3v) is 5.52. The third-order valence-electron chi connectivity index (χ3n) is 4.59. The smallest absolute Gasteiger partial charge is 0.315 e. The Morgan fingerprint density at radius 3 is 2.38 bits per heavy atom. The molecule has 0 unspecified atom stereocenters. The van der Waals surface area contributed by atoms with Crippen LogP contribution in [0.3, 0.4) is 0 Å². The minimum atomic E-state index is -3.89. The number of primary sulfonamides is 1. The molecule has 3 aromatic rings. The van der Waals surface area contributed by atoms with Crippen LogP contribution in [0.15, 0.2) is 70.2 Å². The lowest BCUT2D eigenvalue weighted by Gasteiger charge is -2.15. The molecule has 168 valence electrons. The molecule has 7 nitrogen and oxygen atoms in total. The van der Waals surface area contributed by atoms with Crippen molar-refractivity contribution >= 4 is 10.0 Å². The molecule has 0 fully saturated rings. The number of sulfonamides is 1. The van der Waals surface area contributed by atoms with Gasteiger partial charge in [0.25, 0.3) is 0 Å². The summed E-state index contributed by atoms with van der Waals surface area (Å²) in [7, 11) is -3.89. The summed E-state index contributed by atoms with van der Waals surface area (Å²) in [5, 5.41) is 9.22. The molecule has 10 heteroatoms. The number of nitrogens with two attached hydrogens (primary N) is 1. The van der Waals surface area contributed by atoms with Gasteiger partial charge < -0.3 is 4.74 Å². The Balaban J connectivity index is 2.20. The van der Waals surface area contributed by atoms with E-state index < -0.39 is 27.2 Å². The van der Waals surface area contributed by atoms with E-state index in [0.717, 1.165) is 16.8 Å². The van der Waals surface area contributed by atoms with E-state index in [0.29, 0.717) is 29.7 Å². The molecule has 0 aliphatic rings. The van der Waals surface area contributed by atoms with Crippen LogP contribution in [0.5, 0.6) is 5.75 Å². The van der Waals surface area contributed by atoms with Gasteiger partial charge in [-0.1, -0.05) is 26.0 Å². The number of hydrogen-bond donors (Lipinski definition) is 1. The molecule has 3 rings (SSSR count). The molecule has 0 saturated carbocycles. The number of ether oxygens (including phenoxy) is 1. The molecule has 2 aromatic carbocycles. The number of rotatable bonds is 7. The first kappa shape index (κ1) is 23.3. The molecule has 0 aliphatic carbocycles. The normalized spacial score (nSPS) is 12.1. The molecule has 0 spiro atoms. The fourth-order valence-electron chi connectivity index (χ4n) is 2.98. The lowest BCUT2D eigenvalue weighted by Crippen LogP contribution is -2.24. The highest BCUT2D eigenvalue weighted by Crippen LogP contribution is 2.29. The van der Waals surface area contributed by atoms with E-state index >= 15 is 0 Å². The first-order chi connectivity index (χ1) is 15.2. The summed E-state index contributed by atoms with van der Waals surface area (Å²) in [6.45, 7) is 3.77. The van der Waals surface area contributed by atoms with E-state index in [-0.39, 0.29) is 16.3 Å². The molecule has 1 heterocycles. The van der Waals surface area contributed by atoms with Crippen molar-refractivity contribution in [2.45, 2.75) is 31.6 Å². The van der Waals surface area contributed by atoms with Gasteiger partial charge in [-0.3, -0.25) is 4.79 Å². The molecule has 0 amide bonds. The maximum absolute atomic E-state index is 13.7. The van der Waals surface area contributed by atoms with Gasteiger partial charge in [0, 0.05) is 12.5 Å². The minimum Gasteiger partial charge on any atom is -0.455 e. The molecular weight excluding hydrogens is 440 g/mol. The second-order valence-corrected chi connectivity index (χ2v) is 8.37. The van der Waals surface area contributed by atoms with Crippen LogP contribution in [0.4, 0.5) is 8.78 Å². The number of benzene rings is 2. The van der Waals surface area contributed by atoms with Crippen LogP contribution in [-0.2, 0) is 10.0 Å². The van der Waals surface area contributed by atoms with E-state index in [1.807, 2.05) is 19.9 Å². The number of allylic oxidation sites excluding steroid dienone is 2. The number of aromatic nitrogens is 2. The summed E-state index contributed by atoms with van der Waals surface area (Å²) in [6, 6.07) is 8.53. The van der Waals surface area contributed by atoms with E-state index in [4.69, 9.17) is 9.88 Å². The maximum atomic E-state index is 13.7. The lowest BCUT2D eigenvalue weighted by atomic mass is 10.1. The summed E-state index contributed by atoms with van der Waals surface area (Å²) >= 11 is 0. The van der Waals surface area contributed by atoms with Crippen LogP contribution in [0.25, 0.3) is 16.8 Å². The van der Waals surface area contributed by atoms with Gasteiger partial charge in [0.15, 0.2) is 11.6 Å². The van der Waals surface area contributed by atoms with Gasteiger partial charge in [0.2, 0.25) is 15.8 Å².